The lowest BCUT2D eigenvalue weighted by atomic mass is 9.96. The van der Waals surface area contributed by atoms with Crippen LogP contribution < -0.4 is 4.74 Å². The normalized spacial score (nSPS) is 17.2. The fraction of sp³-hybridized carbons (Fsp3) is 0.290. The number of benzene rings is 3. The molecular formula is C31H32ClN3O4. The zero-order valence-electron chi connectivity index (χ0n) is 22.0. The highest BCUT2D eigenvalue weighted by atomic mass is 35.5. The van der Waals surface area contributed by atoms with Crippen LogP contribution in [0.15, 0.2) is 91.1 Å². The molecule has 202 valence electrons. The third-order valence-corrected chi connectivity index (χ3v) is 7.32. The monoisotopic (exact) mass is 545 g/mol. The van der Waals surface area contributed by atoms with Crippen LogP contribution in [0.1, 0.15) is 12.0 Å². The van der Waals surface area contributed by atoms with Crippen LogP contribution in [-0.2, 0) is 27.4 Å². The molecule has 1 saturated heterocycles. The van der Waals surface area contributed by atoms with Gasteiger partial charge in [0.1, 0.15) is 24.5 Å². The molecule has 2 amide bonds. The summed E-state index contributed by atoms with van der Waals surface area (Å²) in [7, 11) is 1.78. The van der Waals surface area contributed by atoms with Crippen LogP contribution in [0.3, 0.4) is 0 Å². The number of para-hydroxylation sites is 1. The number of hydrogen-bond donors (Lipinski definition) is 0. The van der Waals surface area contributed by atoms with E-state index in [1.165, 1.54) is 0 Å². The van der Waals surface area contributed by atoms with Gasteiger partial charge in [-0.1, -0.05) is 60.1 Å². The first-order chi connectivity index (χ1) is 18.9. The fourth-order valence-corrected chi connectivity index (χ4v) is 5.05. The Morgan fingerprint density at radius 1 is 1.00 bits per heavy atom. The van der Waals surface area contributed by atoms with E-state index < -0.39 is 5.60 Å². The van der Waals surface area contributed by atoms with Crippen molar-refractivity contribution in [1.82, 2.24) is 14.4 Å². The summed E-state index contributed by atoms with van der Waals surface area (Å²) in [5.74, 6) is 0.514. The van der Waals surface area contributed by atoms with Gasteiger partial charge in [0.05, 0.1) is 19.6 Å². The Labute approximate surface area is 233 Å². The number of rotatable bonds is 9. The van der Waals surface area contributed by atoms with E-state index in [2.05, 4.69) is 0 Å². The number of morpholine rings is 1. The molecule has 3 aromatic carbocycles. The Balaban J connectivity index is 1.32. The largest absolute Gasteiger partial charge is 0.490 e. The van der Waals surface area contributed by atoms with Crippen molar-refractivity contribution in [2.75, 3.05) is 33.4 Å². The lowest BCUT2D eigenvalue weighted by Gasteiger charge is -2.42. The molecule has 0 aliphatic carbocycles. The van der Waals surface area contributed by atoms with Crippen LogP contribution in [0.5, 0.6) is 5.75 Å². The quantitative estimate of drug-likeness (QED) is 0.296. The average molecular weight is 546 g/mol. The van der Waals surface area contributed by atoms with Gasteiger partial charge in [-0.15, -0.1) is 0 Å². The first-order valence-electron chi connectivity index (χ1n) is 13.0. The molecule has 0 unspecified atom stereocenters. The van der Waals surface area contributed by atoms with Gasteiger partial charge in [0.25, 0.3) is 0 Å². The molecule has 0 radical (unpaired) electrons. The van der Waals surface area contributed by atoms with Crippen molar-refractivity contribution in [1.29, 1.82) is 0 Å². The minimum Gasteiger partial charge on any atom is -0.490 e. The van der Waals surface area contributed by atoms with Gasteiger partial charge in [0.2, 0.25) is 11.8 Å². The number of halogens is 1. The van der Waals surface area contributed by atoms with E-state index in [9.17, 15) is 9.59 Å². The molecule has 0 spiro atoms. The number of nitrogens with zero attached hydrogens (tertiary/aromatic N) is 3. The molecule has 7 nitrogen and oxygen atoms in total. The standard InChI is InChI=1S/C31H32ClN3O4/c1-33(20-24-7-3-2-4-8-24)29(36)19-31(23-38-27-13-11-26(32)12-14-27)22-35(17-18-39-31)30(37)21-34-16-15-25-9-5-6-10-28(25)34/h2-16H,17-23H2,1H3/t31-/m0/s1. The van der Waals surface area contributed by atoms with Crippen molar-refractivity contribution in [3.05, 3.63) is 102 Å². The second kappa shape index (κ2) is 11.9. The number of hydrogen-bond acceptors (Lipinski definition) is 4. The Bertz CT molecular complexity index is 1420. The maximum absolute atomic E-state index is 13.5. The van der Waals surface area contributed by atoms with Crippen molar-refractivity contribution in [3.63, 3.8) is 0 Å². The zero-order chi connectivity index (χ0) is 27.2. The van der Waals surface area contributed by atoms with E-state index >= 15 is 0 Å². The van der Waals surface area contributed by atoms with Gasteiger partial charge in [-0.2, -0.15) is 0 Å². The van der Waals surface area contributed by atoms with E-state index in [4.69, 9.17) is 21.1 Å². The highest BCUT2D eigenvalue weighted by Crippen LogP contribution is 2.27. The smallest absolute Gasteiger partial charge is 0.242 e. The van der Waals surface area contributed by atoms with Gasteiger partial charge in [0.15, 0.2) is 0 Å². The average Bonchev–Trinajstić information content (AvgIpc) is 3.36. The number of carbonyl (C=O) groups excluding carboxylic acids is 2. The predicted molar refractivity (Wildman–Crippen MR) is 152 cm³/mol. The van der Waals surface area contributed by atoms with Gasteiger partial charge < -0.3 is 23.8 Å². The molecule has 0 bridgehead atoms. The lowest BCUT2D eigenvalue weighted by Crippen LogP contribution is -2.58. The molecule has 2 heterocycles. The summed E-state index contributed by atoms with van der Waals surface area (Å²) < 4.78 is 14.3. The Morgan fingerprint density at radius 2 is 1.74 bits per heavy atom. The van der Waals surface area contributed by atoms with E-state index in [-0.39, 0.29) is 37.9 Å². The molecule has 1 aliphatic rings. The first-order valence-corrected chi connectivity index (χ1v) is 13.4. The molecule has 1 aromatic heterocycles. The van der Waals surface area contributed by atoms with Gasteiger partial charge in [0, 0.05) is 36.9 Å². The summed E-state index contributed by atoms with van der Waals surface area (Å²) in [5.41, 5.74) is 1.06. The molecule has 4 aromatic rings. The third-order valence-electron chi connectivity index (χ3n) is 7.06. The molecule has 39 heavy (non-hydrogen) atoms. The maximum atomic E-state index is 13.5. The summed E-state index contributed by atoms with van der Waals surface area (Å²) in [6.45, 7) is 1.84. The van der Waals surface area contributed by atoms with Crippen LogP contribution in [-0.4, -0.2) is 65.1 Å². The van der Waals surface area contributed by atoms with Crippen LogP contribution in [0.25, 0.3) is 10.9 Å². The molecule has 1 aliphatic heterocycles. The minimum absolute atomic E-state index is 0.0272. The van der Waals surface area contributed by atoms with Crippen LogP contribution in [0.2, 0.25) is 5.02 Å². The zero-order valence-corrected chi connectivity index (χ0v) is 22.7. The van der Waals surface area contributed by atoms with Crippen molar-refractivity contribution >= 4 is 34.3 Å². The fourth-order valence-electron chi connectivity index (χ4n) is 4.93. The molecule has 1 fully saturated rings. The second-order valence-electron chi connectivity index (χ2n) is 10.0. The summed E-state index contributed by atoms with van der Waals surface area (Å²) in [6.07, 6.45) is 2.02. The van der Waals surface area contributed by atoms with Crippen LogP contribution in [0.4, 0.5) is 0 Å². The number of fused-ring (bicyclic) bond motifs is 1. The number of ether oxygens (including phenoxy) is 2. The second-order valence-corrected chi connectivity index (χ2v) is 10.4. The predicted octanol–water partition coefficient (Wildman–Crippen LogP) is 5.02. The molecular weight excluding hydrogens is 514 g/mol. The Hall–Kier alpha value is -3.81. The Kier molecular flexibility index (Phi) is 8.19. The van der Waals surface area contributed by atoms with E-state index in [1.807, 2.05) is 71.4 Å². The van der Waals surface area contributed by atoms with Crippen molar-refractivity contribution in [2.45, 2.75) is 25.1 Å². The first kappa shape index (κ1) is 26.8. The summed E-state index contributed by atoms with van der Waals surface area (Å²) in [4.78, 5) is 30.4. The summed E-state index contributed by atoms with van der Waals surface area (Å²) >= 11 is 6.03. The van der Waals surface area contributed by atoms with E-state index in [0.717, 1.165) is 16.5 Å². The summed E-state index contributed by atoms with van der Waals surface area (Å²) in [6, 6.07) is 26.9. The van der Waals surface area contributed by atoms with Gasteiger partial charge in [-0.25, -0.2) is 0 Å². The van der Waals surface area contributed by atoms with E-state index in [1.54, 1.807) is 41.1 Å². The van der Waals surface area contributed by atoms with Gasteiger partial charge in [-0.3, -0.25) is 9.59 Å². The number of amides is 2. The molecule has 0 N–H and O–H groups in total. The topological polar surface area (TPSA) is 64.0 Å². The van der Waals surface area contributed by atoms with Crippen molar-refractivity contribution < 1.29 is 19.1 Å². The lowest BCUT2D eigenvalue weighted by molar-refractivity contribution is -0.166. The molecule has 1 atom stereocenters. The molecule has 0 saturated carbocycles. The Morgan fingerprint density at radius 3 is 2.54 bits per heavy atom. The summed E-state index contributed by atoms with van der Waals surface area (Å²) in [5, 5.41) is 1.70. The molecule has 8 heteroatoms. The van der Waals surface area contributed by atoms with E-state index in [0.29, 0.717) is 30.5 Å². The highest BCUT2D eigenvalue weighted by Gasteiger charge is 2.42. The number of carbonyl (C=O) groups is 2. The van der Waals surface area contributed by atoms with Gasteiger partial charge >= 0.3 is 0 Å². The maximum Gasteiger partial charge on any atom is 0.242 e. The van der Waals surface area contributed by atoms with Crippen LogP contribution >= 0.6 is 11.6 Å². The molecule has 5 rings (SSSR count). The highest BCUT2D eigenvalue weighted by molar-refractivity contribution is 6.30. The SMILES string of the molecule is CN(Cc1ccccc1)C(=O)C[C@@]1(COc2ccc(Cl)cc2)CN(C(=O)Cn2ccc3ccccc32)CCO1. The van der Waals surface area contributed by atoms with Gasteiger partial charge in [-0.05, 0) is 47.3 Å². The van der Waals surface area contributed by atoms with Crippen LogP contribution in [0, 0.1) is 0 Å². The minimum atomic E-state index is -0.992. The third kappa shape index (κ3) is 6.61. The van der Waals surface area contributed by atoms with Crippen molar-refractivity contribution in [3.8, 4) is 5.75 Å². The van der Waals surface area contributed by atoms with Crippen molar-refractivity contribution in [2.24, 2.45) is 0 Å². The number of aromatic nitrogens is 1.